The summed E-state index contributed by atoms with van der Waals surface area (Å²) in [5.74, 6) is 0. The van der Waals surface area contributed by atoms with Crippen LogP contribution in [0.1, 0.15) is 44.7 Å². The Balaban J connectivity index is 0.00000106. The van der Waals surface area contributed by atoms with Gasteiger partial charge in [-0.25, -0.2) is 0 Å². The molecule has 1 aromatic rings. The van der Waals surface area contributed by atoms with Crippen LogP contribution in [-0.4, -0.2) is 14.1 Å². The second-order valence-corrected chi connectivity index (χ2v) is 4.11. The second-order valence-electron chi connectivity index (χ2n) is 4.11. The number of hydrogen-bond donors (Lipinski definition) is 0. The molecule has 0 spiro atoms. The third kappa shape index (κ3) is 4.69. The van der Waals surface area contributed by atoms with Crippen molar-refractivity contribution >= 4 is 5.69 Å². The Bertz CT molecular complexity index is 289. The van der Waals surface area contributed by atoms with Crippen LogP contribution < -0.4 is 4.90 Å². The predicted molar refractivity (Wildman–Crippen MR) is 75.5 cm³/mol. The Morgan fingerprint density at radius 2 is 1.75 bits per heavy atom. The molecule has 0 aliphatic rings. The van der Waals surface area contributed by atoms with Crippen LogP contribution in [0.2, 0.25) is 0 Å². The minimum Gasteiger partial charge on any atom is -0.378 e. The van der Waals surface area contributed by atoms with Crippen LogP contribution in [0, 0.1) is 6.92 Å². The zero-order chi connectivity index (χ0) is 12.6. The van der Waals surface area contributed by atoms with Crippen LogP contribution >= 0.6 is 0 Å². The van der Waals surface area contributed by atoms with Crippen LogP contribution in [0.3, 0.4) is 0 Å². The van der Waals surface area contributed by atoms with Crippen molar-refractivity contribution in [2.24, 2.45) is 0 Å². The molecule has 0 saturated carbocycles. The van der Waals surface area contributed by atoms with Crippen molar-refractivity contribution in [3.63, 3.8) is 0 Å². The molecule has 0 amide bonds. The number of aryl methyl sites for hydroxylation is 2. The molecule has 0 fully saturated rings. The molecule has 92 valence electrons. The first-order chi connectivity index (χ1) is 7.65. The van der Waals surface area contributed by atoms with Crippen molar-refractivity contribution in [1.29, 1.82) is 0 Å². The number of anilines is 1. The minimum atomic E-state index is 1.21. The maximum atomic E-state index is 2.31. The van der Waals surface area contributed by atoms with E-state index in [4.69, 9.17) is 0 Å². The van der Waals surface area contributed by atoms with E-state index in [1.54, 1.807) is 0 Å². The second kappa shape index (κ2) is 8.20. The first kappa shape index (κ1) is 15.0. The highest BCUT2D eigenvalue weighted by atomic mass is 15.1. The molecule has 0 heterocycles. The zero-order valence-electron chi connectivity index (χ0n) is 11.8. The Kier molecular flexibility index (Phi) is 7.70. The summed E-state index contributed by atoms with van der Waals surface area (Å²) in [6, 6.07) is 6.72. The number of unbranched alkanes of at least 4 members (excludes halogenated alkanes) is 1. The quantitative estimate of drug-likeness (QED) is 0.727. The molecule has 0 unspecified atom stereocenters. The molecule has 0 aromatic heterocycles. The van der Waals surface area contributed by atoms with Crippen molar-refractivity contribution in [1.82, 2.24) is 0 Å². The number of benzene rings is 1. The van der Waals surface area contributed by atoms with E-state index in [-0.39, 0.29) is 0 Å². The van der Waals surface area contributed by atoms with Crippen molar-refractivity contribution in [3.05, 3.63) is 29.3 Å². The lowest BCUT2D eigenvalue weighted by Crippen LogP contribution is -2.09. The molecule has 0 radical (unpaired) electrons. The summed E-state index contributed by atoms with van der Waals surface area (Å²) in [5, 5.41) is 0. The van der Waals surface area contributed by atoms with E-state index in [2.05, 4.69) is 51.0 Å². The van der Waals surface area contributed by atoms with Gasteiger partial charge in [-0.15, -0.1) is 0 Å². The maximum Gasteiger partial charge on any atom is 0.0363 e. The summed E-state index contributed by atoms with van der Waals surface area (Å²) in [4.78, 5) is 2.16. The summed E-state index contributed by atoms with van der Waals surface area (Å²) >= 11 is 0. The van der Waals surface area contributed by atoms with Crippen molar-refractivity contribution in [2.75, 3.05) is 19.0 Å². The lowest BCUT2D eigenvalue weighted by molar-refractivity contribution is 0.791. The topological polar surface area (TPSA) is 3.24 Å². The van der Waals surface area contributed by atoms with Gasteiger partial charge in [0.15, 0.2) is 0 Å². The predicted octanol–water partition coefficient (Wildman–Crippen LogP) is 4.43. The Labute approximate surface area is 101 Å². The Morgan fingerprint density at radius 1 is 1.12 bits per heavy atom. The Hall–Kier alpha value is -0.980. The monoisotopic (exact) mass is 221 g/mol. The van der Waals surface area contributed by atoms with Gasteiger partial charge in [-0.2, -0.15) is 0 Å². The normalized spacial score (nSPS) is 9.38. The average molecular weight is 221 g/mol. The van der Waals surface area contributed by atoms with E-state index >= 15 is 0 Å². The van der Waals surface area contributed by atoms with Crippen molar-refractivity contribution in [2.45, 2.75) is 47.0 Å². The average Bonchev–Trinajstić information content (AvgIpc) is 2.30. The van der Waals surface area contributed by atoms with E-state index in [9.17, 15) is 0 Å². The van der Waals surface area contributed by atoms with Gasteiger partial charge in [0.25, 0.3) is 0 Å². The molecule has 0 bridgehead atoms. The van der Waals surface area contributed by atoms with E-state index < -0.39 is 0 Å². The van der Waals surface area contributed by atoms with Gasteiger partial charge in [0, 0.05) is 19.8 Å². The van der Waals surface area contributed by atoms with E-state index in [0.29, 0.717) is 0 Å². The van der Waals surface area contributed by atoms with Gasteiger partial charge in [-0.1, -0.05) is 33.3 Å². The summed E-state index contributed by atoms with van der Waals surface area (Å²) in [6.45, 7) is 8.44. The Morgan fingerprint density at radius 3 is 2.25 bits per heavy atom. The first-order valence-electron chi connectivity index (χ1n) is 6.42. The molecule has 16 heavy (non-hydrogen) atoms. The fraction of sp³-hybridized carbons (Fsp3) is 0.600. The summed E-state index contributed by atoms with van der Waals surface area (Å²) in [6.07, 6.45) is 3.77. The molecule has 0 N–H and O–H groups in total. The molecular formula is C15H27N. The lowest BCUT2D eigenvalue weighted by Gasteiger charge is -2.15. The van der Waals surface area contributed by atoms with E-state index in [1.807, 2.05) is 13.8 Å². The smallest absolute Gasteiger partial charge is 0.0363 e. The first-order valence-corrected chi connectivity index (χ1v) is 6.42. The van der Waals surface area contributed by atoms with E-state index in [1.165, 1.54) is 36.1 Å². The third-order valence-corrected chi connectivity index (χ3v) is 2.65. The summed E-state index contributed by atoms with van der Waals surface area (Å²) in [7, 11) is 4.18. The molecule has 1 nitrogen and oxygen atoms in total. The highest BCUT2D eigenvalue weighted by molar-refractivity contribution is 5.49. The molecule has 0 saturated heterocycles. The van der Waals surface area contributed by atoms with Gasteiger partial charge in [0.05, 0.1) is 0 Å². The SMILES string of the molecule is CC.CCCCc1cc(N(C)C)ccc1C. The molecule has 0 aliphatic heterocycles. The maximum absolute atomic E-state index is 2.31. The van der Waals surface area contributed by atoms with Crippen LogP contribution in [0.25, 0.3) is 0 Å². The highest BCUT2D eigenvalue weighted by Crippen LogP contribution is 2.19. The standard InChI is InChI=1S/C13H21N.C2H6/c1-5-6-7-12-10-13(14(3)4)9-8-11(12)2;1-2/h8-10H,5-7H2,1-4H3;1-2H3. The molecule has 1 aromatic carbocycles. The molecule has 0 aliphatic carbocycles. The van der Waals surface area contributed by atoms with Crippen molar-refractivity contribution < 1.29 is 0 Å². The van der Waals surface area contributed by atoms with Gasteiger partial charge in [0.2, 0.25) is 0 Å². The molecule has 0 atom stereocenters. The van der Waals surface area contributed by atoms with Gasteiger partial charge < -0.3 is 4.90 Å². The highest BCUT2D eigenvalue weighted by Gasteiger charge is 2.01. The minimum absolute atomic E-state index is 1.21. The summed E-state index contributed by atoms with van der Waals surface area (Å²) < 4.78 is 0. The van der Waals surface area contributed by atoms with Crippen LogP contribution in [0.4, 0.5) is 5.69 Å². The molecule has 1 rings (SSSR count). The third-order valence-electron chi connectivity index (χ3n) is 2.65. The van der Waals surface area contributed by atoms with Gasteiger partial charge in [-0.3, -0.25) is 0 Å². The number of hydrogen-bond acceptors (Lipinski definition) is 1. The van der Waals surface area contributed by atoms with Crippen molar-refractivity contribution in [3.8, 4) is 0 Å². The van der Waals surface area contributed by atoms with E-state index in [0.717, 1.165) is 0 Å². The summed E-state index contributed by atoms with van der Waals surface area (Å²) in [5.41, 5.74) is 4.23. The van der Waals surface area contributed by atoms with Crippen LogP contribution in [0.5, 0.6) is 0 Å². The van der Waals surface area contributed by atoms with Gasteiger partial charge >= 0.3 is 0 Å². The fourth-order valence-corrected chi connectivity index (χ4v) is 1.57. The van der Waals surface area contributed by atoms with Gasteiger partial charge in [0.1, 0.15) is 0 Å². The number of rotatable bonds is 4. The van der Waals surface area contributed by atoms with Crippen LogP contribution in [-0.2, 0) is 6.42 Å². The van der Waals surface area contributed by atoms with Gasteiger partial charge in [-0.05, 0) is 43.0 Å². The number of nitrogens with zero attached hydrogens (tertiary/aromatic N) is 1. The molecule has 1 heteroatoms. The van der Waals surface area contributed by atoms with Crippen LogP contribution in [0.15, 0.2) is 18.2 Å². The molecular weight excluding hydrogens is 194 g/mol. The lowest BCUT2D eigenvalue weighted by atomic mass is 10.0. The fourth-order valence-electron chi connectivity index (χ4n) is 1.57. The zero-order valence-corrected chi connectivity index (χ0v) is 11.8. The largest absolute Gasteiger partial charge is 0.378 e.